The number of hydrogen-bond acceptors (Lipinski definition) is 3. The highest BCUT2D eigenvalue weighted by molar-refractivity contribution is 4.91. The van der Waals surface area contributed by atoms with E-state index in [0.717, 1.165) is 31.8 Å². The van der Waals surface area contributed by atoms with Crippen molar-refractivity contribution < 1.29 is 5.11 Å². The molecule has 0 radical (unpaired) electrons. The number of hydrogen-bond donors (Lipinski definition) is 2. The summed E-state index contributed by atoms with van der Waals surface area (Å²) in [5.74, 6) is 1.72. The highest BCUT2D eigenvalue weighted by Gasteiger charge is 2.06. The van der Waals surface area contributed by atoms with Crippen LogP contribution in [0.25, 0.3) is 0 Å². The van der Waals surface area contributed by atoms with Gasteiger partial charge in [0.25, 0.3) is 0 Å². The van der Waals surface area contributed by atoms with E-state index in [1.165, 1.54) is 12.8 Å². The van der Waals surface area contributed by atoms with Crippen molar-refractivity contribution >= 4 is 0 Å². The summed E-state index contributed by atoms with van der Waals surface area (Å²) in [7, 11) is 2.02. The van der Waals surface area contributed by atoms with Gasteiger partial charge in [-0.05, 0) is 25.3 Å². The van der Waals surface area contributed by atoms with Gasteiger partial charge in [0.15, 0.2) is 0 Å². The van der Waals surface area contributed by atoms with Gasteiger partial charge in [-0.2, -0.15) is 0 Å². The van der Waals surface area contributed by atoms with Gasteiger partial charge in [0.1, 0.15) is 5.82 Å². The number of aliphatic hydroxyl groups is 1. The first-order valence-corrected chi connectivity index (χ1v) is 6.55. The first-order chi connectivity index (χ1) is 8.27. The average molecular weight is 239 g/mol. The highest BCUT2D eigenvalue weighted by Crippen LogP contribution is 2.09. The number of aryl methyl sites for hydroxylation is 1. The molecule has 0 spiro atoms. The van der Waals surface area contributed by atoms with Crippen molar-refractivity contribution in [3.63, 3.8) is 0 Å². The predicted molar refractivity (Wildman–Crippen MR) is 69.9 cm³/mol. The van der Waals surface area contributed by atoms with Crippen molar-refractivity contribution in [3.8, 4) is 0 Å². The van der Waals surface area contributed by atoms with Crippen LogP contribution in [0.1, 0.15) is 32.0 Å². The van der Waals surface area contributed by atoms with E-state index in [4.69, 9.17) is 5.11 Å². The molecule has 0 saturated heterocycles. The maximum atomic E-state index is 8.97. The van der Waals surface area contributed by atoms with E-state index >= 15 is 0 Å². The van der Waals surface area contributed by atoms with Crippen molar-refractivity contribution in [2.75, 3.05) is 19.7 Å². The van der Waals surface area contributed by atoms with E-state index in [9.17, 15) is 0 Å². The molecule has 0 amide bonds. The zero-order chi connectivity index (χ0) is 12.5. The Balaban J connectivity index is 2.15. The Hall–Kier alpha value is -0.870. The van der Waals surface area contributed by atoms with Gasteiger partial charge in [0.05, 0.1) is 0 Å². The largest absolute Gasteiger partial charge is 0.396 e. The SMILES string of the molecule is CCCC(CCO)CNCCc1nccn1C. The third-order valence-corrected chi connectivity index (χ3v) is 3.11. The summed E-state index contributed by atoms with van der Waals surface area (Å²) in [6, 6.07) is 0. The first kappa shape index (κ1) is 14.2. The molecule has 0 aliphatic heterocycles. The van der Waals surface area contributed by atoms with Gasteiger partial charge in [0.2, 0.25) is 0 Å². The minimum atomic E-state index is 0.297. The van der Waals surface area contributed by atoms with Crippen molar-refractivity contribution in [1.29, 1.82) is 0 Å². The summed E-state index contributed by atoms with van der Waals surface area (Å²) in [5, 5.41) is 12.4. The second kappa shape index (κ2) is 8.25. The van der Waals surface area contributed by atoms with Crippen LogP contribution in [-0.2, 0) is 13.5 Å². The van der Waals surface area contributed by atoms with E-state index in [1.807, 2.05) is 19.4 Å². The summed E-state index contributed by atoms with van der Waals surface area (Å²) in [6.45, 7) is 4.44. The van der Waals surface area contributed by atoms with E-state index in [-0.39, 0.29) is 0 Å². The lowest BCUT2D eigenvalue weighted by atomic mass is 10.0. The van der Waals surface area contributed by atoms with Gasteiger partial charge in [-0.3, -0.25) is 0 Å². The molecule has 1 aromatic rings. The molecule has 2 N–H and O–H groups in total. The van der Waals surface area contributed by atoms with Crippen LogP contribution >= 0.6 is 0 Å². The van der Waals surface area contributed by atoms with Crippen LogP contribution in [0.5, 0.6) is 0 Å². The maximum absolute atomic E-state index is 8.97. The maximum Gasteiger partial charge on any atom is 0.109 e. The molecule has 0 aliphatic rings. The van der Waals surface area contributed by atoms with Crippen molar-refractivity contribution in [3.05, 3.63) is 18.2 Å². The molecule has 0 aromatic carbocycles. The molecule has 0 aliphatic carbocycles. The van der Waals surface area contributed by atoms with Crippen LogP contribution < -0.4 is 5.32 Å². The minimum absolute atomic E-state index is 0.297. The highest BCUT2D eigenvalue weighted by atomic mass is 16.3. The summed E-state index contributed by atoms with van der Waals surface area (Å²) >= 11 is 0. The lowest BCUT2D eigenvalue weighted by molar-refractivity contribution is 0.248. The molecule has 17 heavy (non-hydrogen) atoms. The Morgan fingerprint density at radius 2 is 2.29 bits per heavy atom. The quantitative estimate of drug-likeness (QED) is 0.640. The lowest BCUT2D eigenvalue weighted by Gasteiger charge is -2.15. The smallest absolute Gasteiger partial charge is 0.109 e. The van der Waals surface area contributed by atoms with Crippen molar-refractivity contribution in [2.24, 2.45) is 13.0 Å². The van der Waals surface area contributed by atoms with Gasteiger partial charge in [0, 0.05) is 39.0 Å². The van der Waals surface area contributed by atoms with Crippen molar-refractivity contribution in [1.82, 2.24) is 14.9 Å². The van der Waals surface area contributed by atoms with Gasteiger partial charge in [-0.1, -0.05) is 13.3 Å². The van der Waals surface area contributed by atoms with Gasteiger partial charge >= 0.3 is 0 Å². The fraction of sp³-hybridized carbons (Fsp3) is 0.769. The molecule has 1 unspecified atom stereocenters. The molecule has 1 atom stereocenters. The zero-order valence-corrected chi connectivity index (χ0v) is 11.0. The van der Waals surface area contributed by atoms with Crippen molar-refractivity contribution in [2.45, 2.75) is 32.6 Å². The molecule has 1 rings (SSSR count). The molecular weight excluding hydrogens is 214 g/mol. The standard InChI is InChI=1S/C13H25N3O/c1-3-4-12(6-10-17)11-14-7-5-13-15-8-9-16(13)2/h8-9,12,14,17H,3-7,10-11H2,1-2H3. The minimum Gasteiger partial charge on any atom is -0.396 e. The molecule has 1 heterocycles. The Bertz CT molecular complexity index is 293. The van der Waals surface area contributed by atoms with Crippen LogP contribution in [0.4, 0.5) is 0 Å². The Kier molecular flexibility index (Phi) is 6.89. The predicted octanol–water partition coefficient (Wildman–Crippen LogP) is 1.35. The first-order valence-electron chi connectivity index (χ1n) is 6.55. The van der Waals surface area contributed by atoms with Crippen LogP contribution in [-0.4, -0.2) is 34.4 Å². The summed E-state index contributed by atoms with van der Waals surface area (Å²) in [5.41, 5.74) is 0. The topological polar surface area (TPSA) is 50.1 Å². The summed E-state index contributed by atoms with van der Waals surface area (Å²) < 4.78 is 2.05. The molecule has 98 valence electrons. The van der Waals surface area contributed by atoms with Crippen LogP contribution in [0.15, 0.2) is 12.4 Å². The van der Waals surface area contributed by atoms with E-state index < -0.39 is 0 Å². The zero-order valence-electron chi connectivity index (χ0n) is 11.0. The van der Waals surface area contributed by atoms with Gasteiger partial charge < -0.3 is 15.0 Å². The van der Waals surface area contributed by atoms with Crippen LogP contribution in [0, 0.1) is 5.92 Å². The Morgan fingerprint density at radius 1 is 1.47 bits per heavy atom. The molecule has 4 heteroatoms. The second-order valence-corrected chi connectivity index (χ2v) is 4.58. The van der Waals surface area contributed by atoms with Gasteiger partial charge in [-0.15, -0.1) is 0 Å². The molecule has 0 bridgehead atoms. The van der Waals surface area contributed by atoms with E-state index in [2.05, 4.69) is 21.8 Å². The number of nitrogens with one attached hydrogen (secondary N) is 1. The fourth-order valence-electron chi connectivity index (χ4n) is 2.08. The lowest BCUT2D eigenvalue weighted by Crippen LogP contribution is -2.26. The Morgan fingerprint density at radius 3 is 2.88 bits per heavy atom. The molecule has 1 aromatic heterocycles. The average Bonchev–Trinajstić information content (AvgIpc) is 2.71. The van der Waals surface area contributed by atoms with E-state index in [1.54, 1.807) is 0 Å². The second-order valence-electron chi connectivity index (χ2n) is 4.58. The summed E-state index contributed by atoms with van der Waals surface area (Å²) in [6.07, 6.45) is 8.05. The normalized spacial score (nSPS) is 12.9. The molecular formula is C13H25N3O. The number of aromatic nitrogens is 2. The third-order valence-electron chi connectivity index (χ3n) is 3.11. The number of imidazole rings is 1. The van der Waals surface area contributed by atoms with E-state index in [0.29, 0.717) is 12.5 Å². The number of rotatable bonds is 9. The molecule has 4 nitrogen and oxygen atoms in total. The summed E-state index contributed by atoms with van der Waals surface area (Å²) in [4.78, 5) is 4.29. The third kappa shape index (κ3) is 5.33. The van der Waals surface area contributed by atoms with Gasteiger partial charge in [-0.25, -0.2) is 4.98 Å². The van der Waals surface area contributed by atoms with Crippen LogP contribution in [0.2, 0.25) is 0 Å². The molecule has 0 fully saturated rings. The Labute approximate surface area is 104 Å². The number of nitrogens with zero attached hydrogens (tertiary/aromatic N) is 2. The molecule has 0 saturated carbocycles. The fourth-order valence-corrected chi connectivity index (χ4v) is 2.08. The number of aliphatic hydroxyl groups excluding tert-OH is 1. The monoisotopic (exact) mass is 239 g/mol. The van der Waals surface area contributed by atoms with Crippen LogP contribution in [0.3, 0.4) is 0 Å².